The average Bonchev–Trinajstić information content (AvgIpc) is 2.81. The molecule has 0 fully saturated rings. The standard InChI is InChI=1S/C15H18N2OS/c1-5-12-14(19-8-16-12)15(18)17-13-10(3)6-9(2)7-11(13)4/h6-8H,5H2,1-4H3,(H,17,18). The predicted molar refractivity (Wildman–Crippen MR) is 80.1 cm³/mol. The van der Waals surface area contributed by atoms with E-state index in [2.05, 4.69) is 29.4 Å². The number of nitrogens with one attached hydrogen (secondary N) is 1. The second-order valence-corrected chi connectivity index (χ2v) is 5.56. The van der Waals surface area contributed by atoms with Crippen molar-refractivity contribution < 1.29 is 4.79 Å². The molecule has 3 nitrogen and oxygen atoms in total. The Labute approximate surface area is 117 Å². The molecule has 1 heterocycles. The average molecular weight is 274 g/mol. The lowest BCUT2D eigenvalue weighted by Gasteiger charge is -2.12. The molecule has 0 unspecified atom stereocenters. The third-order valence-electron chi connectivity index (χ3n) is 3.10. The lowest BCUT2D eigenvalue weighted by Crippen LogP contribution is -2.14. The fraction of sp³-hybridized carbons (Fsp3) is 0.333. The van der Waals surface area contributed by atoms with Crippen molar-refractivity contribution in [2.45, 2.75) is 34.1 Å². The highest BCUT2D eigenvalue weighted by molar-refractivity contribution is 7.12. The maximum Gasteiger partial charge on any atom is 0.267 e. The minimum Gasteiger partial charge on any atom is -0.321 e. The molecule has 1 aromatic carbocycles. The molecular formula is C15H18N2OS. The Morgan fingerprint density at radius 3 is 2.47 bits per heavy atom. The Morgan fingerprint density at radius 1 is 1.26 bits per heavy atom. The van der Waals surface area contributed by atoms with Crippen molar-refractivity contribution in [3.63, 3.8) is 0 Å². The topological polar surface area (TPSA) is 42.0 Å². The van der Waals surface area contributed by atoms with Crippen molar-refractivity contribution in [2.75, 3.05) is 5.32 Å². The molecule has 0 bridgehead atoms. The molecule has 0 atom stereocenters. The van der Waals surface area contributed by atoms with Gasteiger partial charge in [-0.15, -0.1) is 11.3 Å². The van der Waals surface area contributed by atoms with Crippen LogP contribution < -0.4 is 5.32 Å². The van der Waals surface area contributed by atoms with Crippen molar-refractivity contribution in [2.24, 2.45) is 0 Å². The van der Waals surface area contributed by atoms with Crippen LogP contribution >= 0.6 is 11.3 Å². The summed E-state index contributed by atoms with van der Waals surface area (Å²) in [5.74, 6) is -0.0607. The number of carbonyl (C=O) groups is 1. The first-order chi connectivity index (χ1) is 9.02. The van der Waals surface area contributed by atoms with E-state index in [4.69, 9.17) is 0 Å². The van der Waals surface area contributed by atoms with Gasteiger partial charge in [0.05, 0.1) is 11.2 Å². The van der Waals surface area contributed by atoms with Crippen molar-refractivity contribution in [3.05, 3.63) is 44.9 Å². The van der Waals surface area contributed by atoms with E-state index in [0.717, 1.165) is 28.9 Å². The zero-order valence-corrected chi connectivity index (χ0v) is 12.5. The SMILES string of the molecule is CCc1ncsc1C(=O)Nc1c(C)cc(C)cc1C. The van der Waals surface area contributed by atoms with Gasteiger partial charge in [-0.2, -0.15) is 0 Å². The van der Waals surface area contributed by atoms with Gasteiger partial charge in [-0.05, 0) is 38.3 Å². The van der Waals surface area contributed by atoms with E-state index in [9.17, 15) is 4.79 Å². The number of amides is 1. The summed E-state index contributed by atoms with van der Waals surface area (Å²) >= 11 is 1.39. The van der Waals surface area contributed by atoms with Crippen LogP contribution in [0.1, 0.15) is 39.0 Å². The Hall–Kier alpha value is -1.68. The van der Waals surface area contributed by atoms with Gasteiger partial charge in [-0.3, -0.25) is 4.79 Å². The van der Waals surface area contributed by atoms with Crippen LogP contribution in [-0.4, -0.2) is 10.9 Å². The smallest absolute Gasteiger partial charge is 0.267 e. The summed E-state index contributed by atoms with van der Waals surface area (Å²) in [6.45, 7) is 8.10. The maximum atomic E-state index is 12.3. The number of aryl methyl sites for hydroxylation is 4. The molecule has 2 aromatic rings. The predicted octanol–water partition coefficient (Wildman–Crippen LogP) is 3.88. The number of thiazole rings is 1. The van der Waals surface area contributed by atoms with E-state index >= 15 is 0 Å². The molecule has 4 heteroatoms. The molecule has 1 N–H and O–H groups in total. The number of carbonyl (C=O) groups excluding carboxylic acids is 1. The van der Waals surface area contributed by atoms with Gasteiger partial charge in [0, 0.05) is 5.69 Å². The van der Waals surface area contributed by atoms with Crippen LogP contribution in [-0.2, 0) is 6.42 Å². The van der Waals surface area contributed by atoms with E-state index in [1.807, 2.05) is 20.8 Å². The van der Waals surface area contributed by atoms with E-state index in [1.165, 1.54) is 16.9 Å². The van der Waals surface area contributed by atoms with Gasteiger partial charge in [0.15, 0.2) is 0 Å². The largest absolute Gasteiger partial charge is 0.321 e. The van der Waals surface area contributed by atoms with Crippen LogP contribution in [0.25, 0.3) is 0 Å². The number of hydrogen-bond acceptors (Lipinski definition) is 3. The Bertz CT molecular complexity index is 593. The highest BCUT2D eigenvalue weighted by Crippen LogP contribution is 2.24. The summed E-state index contributed by atoms with van der Waals surface area (Å²) in [5, 5.41) is 3.01. The minimum absolute atomic E-state index is 0.0607. The molecular weight excluding hydrogens is 256 g/mol. The normalized spacial score (nSPS) is 10.5. The summed E-state index contributed by atoms with van der Waals surface area (Å²) < 4.78 is 0. The number of hydrogen-bond donors (Lipinski definition) is 1. The van der Waals surface area contributed by atoms with Gasteiger partial charge in [-0.25, -0.2) is 4.98 Å². The van der Waals surface area contributed by atoms with E-state index in [1.54, 1.807) is 5.51 Å². The number of benzene rings is 1. The third kappa shape index (κ3) is 2.84. The molecule has 0 spiro atoms. The van der Waals surface area contributed by atoms with Crippen molar-refractivity contribution in [3.8, 4) is 0 Å². The second-order valence-electron chi connectivity index (χ2n) is 4.71. The number of rotatable bonds is 3. The van der Waals surface area contributed by atoms with Crippen LogP contribution in [0.4, 0.5) is 5.69 Å². The molecule has 0 aliphatic heterocycles. The summed E-state index contributed by atoms with van der Waals surface area (Å²) in [4.78, 5) is 17.2. The maximum absolute atomic E-state index is 12.3. The first kappa shape index (κ1) is 13.7. The zero-order valence-electron chi connectivity index (χ0n) is 11.7. The highest BCUT2D eigenvalue weighted by atomic mass is 32.1. The summed E-state index contributed by atoms with van der Waals surface area (Å²) in [7, 11) is 0. The third-order valence-corrected chi connectivity index (χ3v) is 3.97. The van der Waals surface area contributed by atoms with Gasteiger partial charge in [0.2, 0.25) is 0 Å². The summed E-state index contributed by atoms with van der Waals surface area (Å²) in [6, 6.07) is 4.16. The Balaban J connectivity index is 2.29. The molecule has 100 valence electrons. The minimum atomic E-state index is -0.0607. The second kappa shape index (κ2) is 5.53. The van der Waals surface area contributed by atoms with Crippen molar-refractivity contribution in [1.82, 2.24) is 4.98 Å². The molecule has 2 rings (SSSR count). The number of aromatic nitrogens is 1. The van der Waals surface area contributed by atoms with Crippen LogP contribution in [0.3, 0.4) is 0 Å². The van der Waals surface area contributed by atoms with E-state index in [0.29, 0.717) is 4.88 Å². The molecule has 0 aliphatic carbocycles. The monoisotopic (exact) mass is 274 g/mol. The lowest BCUT2D eigenvalue weighted by molar-refractivity contribution is 0.102. The summed E-state index contributed by atoms with van der Waals surface area (Å²) in [5.41, 5.74) is 6.89. The number of anilines is 1. The molecule has 0 radical (unpaired) electrons. The van der Waals surface area contributed by atoms with E-state index in [-0.39, 0.29) is 5.91 Å². The lowest BCUT2D eigenvalue weighted by atomic mass is 10.1. The van der Waals surface area contributed by atoms with Gasteiger partial charge in [0.25, 0.3) is 5.91 Å². The van der Waals surface area contributed by atoms with Gasteiger partial charge >= 0.3 is 0 Å². The van der Waals surface area contributed by atoms with Gasteiger partial charge in [-0.1, -0.05) is 24.6 Å². The van der Waals surface area contributed by atoms with Crippen LogP contribution in [0, 0.1) is 20.8 Å². The quantitative estimate of drug-likeness (QED) is 0.922. The molecule has 19 heavy (non-hydrogen) atoms. The highest BCUT2D eigenvalue weighted by Gasteiger charge is 2.15. The molecule has 1 amide bonds. The van der Waals surface area contributed by atoms with Crippen molar-refractivity contribution in [1.29, 1.82) is 0 Å². The molecule has 0 saturated heterocycles. The van der Waals surface area contributed by atoms with Crippen LogP contribution in [0.2, 0.25) is 0 Å². The first-order valence-corrected chi connectivity index (χ1v) is 7.22. The fourth-order valence-electron chi connectivity index (χ4n) is 2.25. The zero-order chi connectivity index (χ0) is 14.0. The fourth-order valence-corrected chi connectivity index (χ4v) is 3.03. The van der Waals surface area contributed by atoms with Gasteiger partial charge < -0.3 is 5.32 Å². The summed E-state index contributed by atoms with van der Waals surface area (Å²) in [6.07, 6.45) is 0.776. The Morgan fingerprint density at radius 2 is 1.89 bits per heavy atom. The Kier molecular flexibility index (Phi) is 4.00. The van der Waals surface area contributed by atoms with Crippen LogP contribution in [0.15, 0.2) is 17.6 Å². The van der Waals surface area contributed by atoms with E-state index < -0.39 is 0 Å². The number of nitrogens with zero attached hydrogens (tertiary/aromatic N) is 1. The van der Waals surface area contributed by atoms with Gasteiger partial charge in [0.1, 0.15) is 4.88 Å². The molecule has 1 aromatic heterocycles. The first-order valence-electron chi connectivity index (χ1n) is 6.34. The van der Waals surface area contributed by atoms with Crippen molar-refractivity contribution >= 4 is 22.9 Å². The molecule has 0 aliphatic rings. The van der Waals surface area contributed by atoms with Crippen LogP contribution in [0.5, 0.6) is 0 Å². The molecule has 0 saturated carbocycles.